The number of amides is 3. The third-order valence-corrected chi connectivity index (χ3v) is 6.68. The van der Waals surface area contributed by atoms with Crippen LogP contribution in [-0.4, -0.2) is 44.3 Å². The first-order chi connectivity index (χ1) is 13.8. The molecule has 29 heavy (non-hydrogen) atoms. The molecule has 4 rings (SSSR count). The third-order valence-electron chi connectivity index (χ3n) is 5.54. The van der Waals surface area contributed by atoms with E-state index in [2.05, 4.69) is 10.3 Å². The second-order valence-electron chi connectivity index (χ2n) is 7.55. The fourth-order valence-corrected chi connectivity index (χ4v) is 4.91. The van der Waals surface area contributed by atoms with Crippen molar-refractivity contribution in [2.24, 2.45) is 0 Å². The topological polar surface area (TPSA) is 110 Å². The molecule has 1 saturated heterocycles. The average Bonchev–Trinajstić information content (AvgIpc) is 3.17. The number of fused-ring (bicyclic) bond motifs is 3. The van der Waals surface area contributed by atoms with Crippen molar-refractivity contribution in [3.63, 3.8) is 0 Å². The number of nitrogens with zero attached hydrogens (tertiary/aromatic N) is 3. The summed E-state index contributed by atoms with van der Waals surface area (Å²) < 4.78 is 6.82. The molecule has 2 aliphatic rings. The molecule has 2 aromatic heterocycles. The van der Waals surface area contributed by atoms with Crippen molar-refractivity contribution in [3.8, 4) is 0 Å². The molecule has 3 heterocycles. The minimum Gasteiger partial charge on any atom is -0.458 e. The number of urea groups is 1. The molecule has 9 nitrogen and oxygen atoms in total. The molecule has 0 aromatic carbocycles. The van der Waals surface area contributed by atoms with Gasteiger partial charge in [-0.05, 0) is 39.0 Å². The number of thiazole rings is 1. The van der Waals surface area contributed by atoms with Gasteiger partial charge in [0.05, 0.1) is 5.69 Å². The highest BCUT2D eigenvalue weighted by Crippen LogP contribution is 2.28. The normalized spacial score (nSPS) is 21.4. The van der Waals surface area contributed by atoms with E-state index >= 15 is 0 Å². The average molecular weight is 418 g/mol. The van der Waals surface area contributed by atoms with Crippen LogP contribution < -0.4 is 10.9 Å². The van der Waals surface area contributed by atoms with Gasteiger partial charge in [0.25, 0.3) is 11.5 Å². The molecule has 0 unspecified atom stereocenters. The molecule has 1 N–H and O–H groups in total. The number of esters is 1. The largest absolute Gasteiger partial charge is 0.458 e. The van der Waals surface area contributed by atoms with Gasteiger partial charge in [-0.1, -0.05) is 6.92 Å². The Kier molecular flexibility index (Phi) is 4.89. The molecule has 2 aromatic rings. The van der Waals surface area contributed by atoms with E-state index in [9.17, 15) is 19.2 Å². The molecule has 0 radical (unpaired) electrons. The number of hydrogen-bond acceptors (Lipinski definition) is 7. The first kappa shape index (κ1) is 19.6. The Labute approximate surface area is 170 Å². The summed E-state index contributed by atoms with van der Waals surface area (Å²) in [6.07, 6.45) is 4.41. The first-order valence-electron chi connectivity index (χ1n) is 9.65. The van der Waals surface area contributed by atoms with E-state index in [1.807, 2.05) is 0 Å². The van der Waals surface area contributed by atoms with E-state index in [1.165, 1.54) is 22.3 Å². The van der Waals surface area contributed by atoms with Crippen LogP contribution in [0.5, 0.6) is 0 Å². The van der Waals surface area contributed by atoms with Crippen LogP contribution in [0.2, 0.25) is 0 Å². The van der Waals surface area contributed by atoms with E-state index in [0.29, 0.717) is 17.1 Å². The number of ether oxygens (including phenoxy) is 1. The summed E-state index contributed by atoms with van der Waals surface area (Å²) in [6.45, 7) is 2.73. The summed E-state index contributed by atoms with van der Waals surface area (Å²) in [5, 5.41) is 2.58. The van der Waals surface area contributed by atoms with Gasteiger partial charge in [-0.15, -0.1) is 11.3 Å². The van der Waals surface area contributed by atoms with Crippen LogP contribution in [0.4, 0.5) is 4.79 Å². The molecule has 1 aliphatic carbocycles. The van der Waals surface area contributed by atoms with Crippen molar-refractivity contribution < 1.29 is 19.1 Å². The zero-order valence-electron chi connectivity index (χ0n) is 16.3. The van der Waals surface area contributed by atoms with Gasteiger partial charge in [-0.3, -0.25) is 23.7 Å². The molecule has 10 heteroatoms. The number of rotatable bonds is 5. The lowest BCUT2D eigenvalue weighted by molar-refractivity contribution is -0.148. The van der Waals surface area contributed by atoms with Crippen LogP contribution in [0.25, 0.3) is 4.96 Å². The Balaban J connectivity index is 1.45. The summed E-state index contributed by atoms with van der Waals surface area (Å²) in [6, 6.07) is 0.752. The highest BCUT2D eigenvalue weighted by atomic mass is 32.1. The standard InChI is InChI=1S/C19H22N4O5S/c1-3-19(2)16(26)22(17(27)21-19)9-15(25)28-10-11-8-14(24)23-12-6-4-5-7-13(12)29-18(23)20-11/h8H,3-7,9-10H2,1-2H3,(H,21,27)/t19-/m1/s1. The monoisotopic (exact) mass is 418 g/mol. The first-order valence-corrected chi connectivity index (χ1v) is 10.5. The molecule has 1 atom stereocenters. The van der Waals surface area contributed by atoms with Crippen LogP contribution in [0.1, 0.15) is 49.4 Å². The van der Waals surface area contributed by atoms with Gasteiger partial charge < -0.3 is 10.1 Å². The second kappa shape index (κ2) is 7.25. The molecular weight excluding hydrogens is 396 g/mol. The minimum absolute atomic E-state index is 0.187. The Hall–Kier alpha value is -2.75. The van der Waals surface area contributed by atoms with Crippen LogP contribution in [0.3, 0.4) is 0 Å². The molecule has 154 valence electrons. The van der Waals surface area contributed by atoms with E-state index in [-0.39, 0.29) is 12.2 Å². The summed E-state index contributed by atoms with van der Waals surface area (Å²) in [7, 11) is 0. The predicted molar refractivity (Wildman–Crippen MR) is 105 cm³/mol. The van der Waals surface area contributed by atoms with Crippen LogP contribution in [0, 0.1) is 0 Å². The molecule has 0 saturated carbocycles. The summed E-state index contributed by atoms with van der Waals surface area (Å²) in [5.41, 5.74) is 0.192. The van der Waals surface area contributed by atoms with Crippen molar-refractivity contribution in [1.82, 2.24) is 19.6 Å². The Bertz CT molecular complexity index is 1070. The van der Waals surface area contributed by atoms with E-state index in [4.69, 9.17) is 4.74 Å². The van der Waals surface area contributed by atoms with Gasteiger partial charge in [0, 0.05) is 16.6 Å². The maximum atomic E-state index is 12.5. The van der Waals surface area contributed by atoms with Crippen molar-refractivity contribution in [2.45, 2.75) is 58.1 Å². The minimum atomic E-state index is -1.00. The quantitative estimate of drug-likeness (QED) is 0.581. The predicted octanol–water partition coefficient (Wildman–Crippen LogP) is 1.40. The zero-order chi connectivity index (χ0) is 20.8. The van der Waals surface area contributed by atoms with Crippen molar-refractivity contribution in [2.75, 3.05) is 6.54 Å². The Morgan fingerprint density at radius 3 is 2.79 bits per heavy atom. The molecule has 0 bridgehead atoms. The van der Waals surface area contributed by atoms with Crippen LogP contribution >= 0.6 is 11.3 Å². The van der Waals surface area contributed by atoms with Gasteiger partial charge >= 0.3 is 12.0 Å². The number of imide groups is 1. The summed E-state index contributed by atoms with van der Waals surface area (Å²) in [5.74, 6) is -1.19. The van der Waals surface area contributed by atoms with Gasteiger partial charge in [0.1, 0.15) is 18.7 Å². The lowest BCUT2D eigenvalue weighted by Crippen LogP contribution is -2.43. The van der Waals surface area contributed by atoms with Crippen molar-refractivity contribution in [3.05, 3.63) is 32.7 Å². The number of carbonyl (C=O) groups excluding carboxylic acids is 3. The lowest BCUT2D eigenvalue weighted by Gasteiger charge is -2.18. The number of aromatic nitrogens is 2. The van der Waals surface area contributed by atoms with Gasteiger partial charge in [0.15, 0.2) is 4.96 Å². The zero-order valence-corrected chi connectivity index (χ0v) is 17.1. The summed E-state index contributed by atoms with van der Waals surface area (Å²) in [4.78, 5) is 56.1. The molecule has 3 amide bonds. The number of hydrogen-bond donors (Lipinski definition) is 1. The van der Waals surface area contributed by atoms with Gasteiger partial charge in [-0.25, -0.2) is 9.78 Å². The molecular formula is C19H22N4O5S. The third kappa shape index (κ3) is 3.41. The van der Waals surface area contributed by atoms with E-state index < -0.39 is 30.0 Å². The lowest BCUT2D eigenvalue weighted by atomic mass is 9.99. The van der Waals surface area contributed by atoms with Crippen LogP contribution in [0.15, 0.2) is 10.9 Å². The van der Waals surface area contributed by atoms with Crippen molar-refractivity contribution >= 4 is 34.2 Å². The SMILES string of the molecule is CC[C@@]1(C)NC(=O)N(CC(=O)OCc2cc(=O)n3c4c(sc3n2)CCCC4)C1=O. The van der Waals surface area contributed by atoms with Gasteiger partial charge in [0.2, 0.25) is 0 Å². The Morgan fingerprint density at radius 2 is 2.07 bits per heavy atom. The maximum Gasteiger partial charge on any atom is 0.326 e. The number of carbonyl (C=O) groups is 3. The number of aryl methyl sites for hydroxylation is 2. The molecule has 0 spiro atoms. The fourth-order valence-electron chi connectivity index (χ4n) is 3.68. The number of nitrogens with one attached hydrogen (secondary N) is 1. The Morgan fingerprint density at radius 1 is 1.31 bits per heavy atom. The van der Waals surface area contributed by atoms with E-state index in [0.717, 1.165) is 36.3 Å². The highest BCUT2D eigenvalue weighted by molar-refractivity contribution is 7.17. The second-order valence-corrected chi connectivity index (χ2v) is 8.61. The maximum absolute atomic E-state index is 12.5. The molecule has 1 fully saturated rings. The molecule has 1 aliphatic heterocycles. The van der Waals surface area contributed by atoms with Crippen molar-refractivity contribution in [1.29, 1.82) is 0 Å². The smallest absolute Gasteiger partial charge is 0.326 e. The van der Waals surface area contributed by atoms with Crippen LogP contribution in [-0.2, 0) is 33.8 Å². The van der Waals surface area contributed by atoms with E-state index in [1.54, 1.807) is 18.2 Å². The highest BCUT2D eigenvalue weighted by Gasteiger charge is 2.47. The van der Waals surface area contributed by atoms with Gasteiger partial charge in [-0.2, -0.15) is 0 Å². The fraction of sp³-hybridized carbons (Fsp3) is 0.526. The summed E-state index contributed by atoms with van der Waals surface area (Å²) >= 11 is 1.50.